The Bertz CT molecular complexity index is 646. The number of nitrogens with two attached hydrogens (primary N) is 1. The van der Waals surface area contributed by atoms with Gasteiger partial charge in [-0.05, 0) is 51.5 Å². The highest BCUT2D eigenvalue weighted by molar-refractivity contribution is 9.10. The van der Waals surface area contributed by atoms with Gasteiger partial charge in [0.1, 0.15) is 5.82 Å². The molecule has 0 amide bonds. The van der Waals surface area contributed by atoms with E-state index in [0.717, 1.165) is 12.0 Å². The fourth-order valence-corrected chi connectivity index (χ4v) is 3.39. The predicted octanol–water partition coefficient (Wildman–Crippen LogP) is 4.29. The summed E-state index contributed by atoms with van der Waals surface area (Å²) in [5.41, 5.74) is 9.57. The molecule has 0 bridgehead atoms. The number of rotatable bonds is 3. The SMILES string of the molecule is NC(CC1OCCc2ccccc21)c1cccc(F)c1Br. The number of halogens is 2. The molecule has 0 aliphatic carbocycles. The summed E-state index contributed by atoms with van der Waals surface area (Å²) in [5.74, 6) is -0.284. The molecular weight excluding hydrogens is 333 g/mol. The molecule has 4 heteroatoms. The van der Waals surface area contributed by atoms with Crippen LogP contribution in [-0.2, 0) is 11.2 Å². The van der Waals surface area contributed by atoms with E-state index in [2.05, 4.69) is 28.1 Å². The third kappa shape index (κ3) is 3.03. The average Bonchev–Trinajstić information content (AvgIpc) is 2.50. The first-order chi connectivity index (χ1) is 10.2. The molecule has 21 heavy (non-hydrogen) atoms. The van der Waals surface area contributed by atoms with Gasteiger partial charge in [0, 0.05) is 6.04 Å². The van der Waals surface area contributed by atoms with Crippen molar-refractivity contribution >= 4 is 15.9 Å². The summed E-state index contributed by atoms with van der Waals surface area (Å²) in [6.45, 7) is 0.707. The maximum Gasteiger partial charge on any atom is 0.137 e. The minimum atomic E-state index is -0.284. The summed E-state index contributed by atoms with van der Waals surface area (Å²) in [6, 6.07) is 13.0. The van der Waals surface area contributed by atoms with Crippen LogP contribution in [0.25, 0.3) is 0 Å². The van der Waals surface area contributed by atoms with Gasteiger partial charge >= 0.3 is 0 Å². The minimum Gasteiger partial charge on any atom is -0.373 e. The van der Waals surface area contributed by atoms with Crippen LogP contribution in [0.3, 0.4) is 0 Å². The Morgan fingerprint density at radius 3 is 2.90 bits per heavy atom. The largest absolute Gasteiger partial charge is 0.373 e. The van der Waals surface area contributed by atoms with Crippen molar-refractivity contribution in [1.29, 1.82) is 0 Å². The minimum absolute atomic E-state index is 0.0277. The van der Waals surface area contributed by atoms with Gasteiger partial charge in [0.15, 0.2) is 0 Å². The molecule has 0 spiro atoms. The van der Waals surface area contributed by atoms with Crippen LogP contribution in [0.4, 0.5) is 4.39 Å². The van der Waals surface area contributed by atoms with Crippen molar-refractivity contribution in [3.8, 4) is 0 Å². The number of ether oxygens (including phenoxy) is 1. The molecule has 3 rings (SSSR count). The van der Waals surface area contributed by atoms with E-state index in [4.69, 9.17) is 10.5 Å². The van der Waals surface area contributed by atoms with E-state index < -0.39 is 0 Å². The van der Waals surface area contributed by atoms with Gasteiger partial charge in [-0.2, -0.15) is 0 Å². The van der Waals surface area contributed by atoms with Crippen LogP contribution in [0.2, 0.25) is 0 Å². The Hall–Kier alpha value is -1.23. The van der Waals surface area contributed by atoms with Crippen molar-refractivity contribution in [2.75, 3.05) is 6.61 Å². The maximum absolute atomic E-state index is 13.6. The monoisotopic (exact) mass is 349 g/mol. The molecular formula is C17H17BrFNO. The molecule has 0 radical (unpaired) electrons. The predicted molar refractivity (Wildman–Crippen MR) is 84.5 cm³/mol. The van der Waals surface area contributed by atoms with E-state index in [1.807, 2.05) is 18.2 Å². The van der Waals surface area contributed by atoms with E-state index in [-0.39, 0.29) is 18.0 Å². The second-order valence-electron chi connectivity index (χ2n) is 5.29. The first-order valence-electron chi connectivity index (χ1n) is 7.05. The van der Waals surface area contributed by atoms with Gasteiger partial charge in [-0.25, -0.2) is 4.39 Å². The summed E-state index contributed by atoms with van der Waals surface area (Å²) in [4.78, 5) is 0. The van der Waals surface area contributed by atoms with E-state index >= 15 is 0 Å². The van der Waals surface area contributed by atoms with E-state index in [1.54, 1.807) is 6.07 Å². The number of benzene rings is 2. The number of hydrogen-bond acceptors (Lipinski definition) is 2. The van der Waals surface area contributed by atoms with Gasteiger partial charge in [0.05, 0.1) is 17.2 Å². The maximum atomic E-state index is 13.6. The van der Waals surface area contributed by atoms with Gasteiger partial charge in [-0.1, -0.05) is 36.4 Å². The Morgan fingerprint density at radius 2 is 2.05 bits per heavy atom. The lowest BCUT2D eigenvalue weighted by Gasteiger charge is -2.28. The highest BCUT2D eigenvalue weighted by Crippen LogP contribution is 2.35. The van der Waals surface area contributed by atoms with Crippen LogP contribution in [0, 0.1) is 5.82 Å². The molecule has 0 saturated carbocycles. The van der Waals surface area contributed by atoms with E-state index in [9.17, 15) is 4.39 Å². The molecule has 1 aliphatic heterocycles. The Balaban J connectivity index is 1.83. The normalized spacial score (nSPS) is 19.1. The molecule has 2 atom stereocenters. The highest BCUT2D eigenvalue weighted by atomic mass is 79.9. The number of fused-ring (bicyclic) bond motifs is 1. The summed E-state index contributed by atoms with van der Waals surface area (Å²) in [7, 11) is 0. The van der Waals surface area contributed by atoms with Crippen molar-refractivity contribution in [2.45, 2.75) is 25.0 Å². The Kier molecular flexibility index (Phi) is 4.38. The molecule has 110 valence electrons. The third-order valence-electron chi connectivity index (χ3n) is 3.94. The second-order valence-corrected chi connectivity index (χ2v) is 6.09. The van der Waals surface area contributed by atoms with Gasteiger partial charge in [0.2, 0.25) is 0 Å². The molecule has 0 aromatic heterocycles. The lowest BCUT2D eigenvalue weighted by molar-refractivity contribution is 0.0319. The molecule has 1 aliphatic rings. The lowest BCUT2D eigenvalue weighted by Crippen LogP contribution is -2.22. The zero-order chi connectivity index (χ0) is 14.8. The summed E-state index contributed by atoms with van der Waals surface area (Å²) >= 11 is 3.28. The molecule has 0 saturated heterocycles. The summed E-state index contributed by atoms with van der Waals surface area (Å²) in [6.07, 6.45) is 1.55. The van der Waals surface area contributed by atoms with Crippen molar-refractivity contribution in [1.82, 2.24) is 0 Å². The zero-order valence-electron chi connectivity index (χ0n) is 11.6. The lowest BCUT2D eigenvalue weighted by atomic mass is 9.92. The van der Waals surface area contributed by atoms with E-state index in [0.29, 0.717) is 17.5 Å². The quantitative estimate of drug-likeness (QED) is 0.896. The van der Waals surface area contributed by atoms with Gasteiger partial charge in [-0.3, -0.25) is 0 Å². The topological polar surface area (TPSA) is 35.2 Å². The molecule has 2 unspecified atom stereocenters. The highest BCUT2D eigenvalue weighted by Gasteiger charge is 2.24. The van der Waals surface area contributed by atoms with Crippen LogP contribution >= 0.6 is 15.9 Å². The number of hydrogen-bond donors (Lipinski definition) is 1. The van der Waals surface area contributed by atoms with Crippen LogP contribution in [0.15, 0.2) is 46.9 Å². The van der Waals surface area contributed by atoms with Crippen LogP contribution in [0.5, 0.6) is 0 Å². The standard InChI is InChI=1S/C17H17BrFNO/c18-17-13(6-3-7-14(17)19)15(20)10-16-12-5-2-1-4-11(12)8-9-21-16/h1-7,15-16H,8-10,20H2. The zero-order valence-corrected chi connectivity index (χ0v) is 13.1. The Morgan fingerprint density at radius 1 is 1.24 bits per heavy atom. The fourth-order valence-electron chi connectivity index (χ4n) is 2.84. The molecule has 2 nitrogen and oxygen atoms in total. The van der Waals surface area contributed by atoms with Crippen molar-refractivity contribution in [3.05, 3.63) is 69.4 Å². The molecule has 2 N–H and O–H groups in total. The first-order valence-corrected chi connectivity index (χ1v) is 7.85. The fraction of sp³-hybridized carbons (Fsp3) is 0.294. The smallest absolute Gasteiger partial charge is 0.137 e. The van der Waals surface area contributed by atoms with Crippen LogP contribution in [-0.4, -0.2) is 6.61 Å². The van der Waals surface area contributed by atoms with Gasteiger partial charge < -0.3 is 10.5 Å². The average molecular weight is 350 g/mol. The van der Waals surface area contributed by atoms with Crippen molar-refractivity contribution < 1.29 is 9.13 Å². The molecule has 1 heterocycles. The molecule has 2 aromatic rings. The molecule has 0 fully saturated rings. The third-order valence-corrected chi connectivity index (χ3v) is 4.78. The van der Waals surface area contributed by atoms with Crippen LogP contribution < -0.4 is 5.73 Å². The van der Waals surface area contributed by atoms with Crippen molar-refractivity contribution in [2.24, 2.45) is 5.73 Å². The van der Waals surface area contributed by atoms with Crippen molar-refractivity contribution in [3.63, 3.8) is 0 Å². The Labute approximate surface area is 132 Å². The summed E-state index contributed by atoms with van der Waals surface area (Å²) in [5, 5.41) is 0. The van der Waals surface area contributed by atoms with E-state index in [1.165, 1.54) is 17.2 Å². The van der Waals surface area contributed by atoms with Gasteiger partial charge in [0.25, 0.3) is 0 Å². The summed E-state index contributed by atoms with van der Waals surface area (Å²) < 4.78 is 19.9. The first kappa shape index (κ1) is 14.7. The second kappa shape index (κ2) is 6.26. The molecule has 2 aromatic carbocycles. The van der Waals surface area contributed by atoms with Crippen LogP contribution in [0.1, 0.15) is 35.3 Å². The van der Waals surface area contributed by atoms with Gasteiger partial charge in [-0.15, -0.1) is 0 Å².